The molecule has 0 bridgehead atoms. The third-order valence-electron chi connectivity index (χ3n) is 11.9. The number of hydrogen-bond acceptors (Lipinski definition) is 8. The molecule has 0 saturated heterocycles. The van der Waals surface area contributed by atoms with Crippen molar-refractivity contribution in [1.29, 1.82) is 0 Å². The summed E-state index contributed by atoms with van der Waals surface area (Å²) in [5.74, 6) is -1.16. The summed E-state index contributed by atoms with van der Waals surface area (Å²) in [7, 11) is 0. The third-order valence-corrected chi connectivity index (χ3v) is 11.9. The fourth-order valence-corrected chi connectivity index (χ4v) is 7.63. The Morgan fingerprint density at radius 1 is 0.484 bits per heavy atom. The van der Waals surface area contributed by atoms with E-state index in [4.69, 9.17) is 14.2 Å². The quantitative estimate of drug-likeness (QED) is 0.0279. The van der Waals surface area contributed by atoms with Gasteiger partial charge in [0.05, 0.1) is 12.5 Å². The molecule has 1 aliphatic carbocycles. The van der Waals surface area contributed by atoms with Gasteiger partial charge in [0, 0.05) is 31.8 Å². The minimum atomic E-state index is -0.390. The first-order valence-corrected chi connectivity index (χ1v) is 25.9. The highest BCUT2D eigenvalue weighted by Crippen LogP contribution is 2.25. The lowest BCUT2D eigenvalue weighted by Gasteiger charge is -2.37. The predicted molar refractivity (Wildman–Crippen MR) is 259 cm³/mol. The molecule has 0 heterocycles. The lowest BCUT2D eigenvalue weighted by atomic mass is 9.91. The van der Waals surface area contributed by atoms with Gasteiger partial charge in [0.25, 0.3) is 0 Å². The fraction of sp³-hybridized carbons (Fsp3) is 0.796. The molecule has 1 fully saturated rings. The molecular formula is C54H95NO7. The van der Waals surface area contributed by atoms with Crippen LogP contribution in [0.3, 0.4) is 0 Å². The van der Waals surface area contributed by atoms with Crippen LogP contribution in [0, 0.1) is 5.92 Å². The number of carbonyl (C=O) groups excluding carboxylic acids is 3. The van der Waals surface area contributed by atoms with Gasteiger partial charge >= 0.3 is 17.9 Å². The molecule has 1 N–H and O–H groups in total. The van der Waals surface area contributed by atoms with Crippen molar-refractivity contribution in [1.82, 2.24) is 4.90 Å². The van der Waals surface area contributed by atoms with Crippen LogP contribution >= 0.6 is 0 Å². The molecule has 0 aromatic rings. The summed E-state index contributed by atoms with van der Waals surface area (Å²) in [5, 5.41) is 9.39. The van der Waals surface area contributed by atoms with Crippen LogP contribution in [0.2, 0.25) is 0 Å². The largest absolute Gasteiger partial charge is 0.465 e. The van der Waals surface area contributed by atoms with Gasteiger partial charge in [-0.1, -0.05) is 152 Å². The molecule has 0 spiro atoms. The summed E-state index contributed by atoms with van der Waals surface area (Å²) in [4.78, 5) is 40.3. The van der Waals surface area contributed by atoms with E-state index in [1.54, 1.807) is 0 Å². The van der Waals surface area contributed by atoms with E-state index in [1.165, 1.54) is 83.5 Å². The number of carbonyl (C=O) groups is 3. The molecule has 0 atom stereocenters. The van der Waals surface area contributed by atoms with Crippen LogP contribution in [0.25, 0.3) is 0 Å². The second kappa shape index (κ2) is 44.9. The summed E-state index contributed by atoms with van der Waals surface area (Å²) < 4.78 is 16.8. The van der Waals surface area contributed by atoms with Gasteiger partial charge in [-0.25, -0.2) is 0 Å². The maximum Gasteiger partial charge on any atom is 0.305 e. The average molecular weight is 870 g/mol. The van der Waals surface area contributed by atoms with Crippen molar-refractivity contribution in [3.8, 4) is 0 Å². The van der Waals surface area contributed by atoms with E-state index < -0.39 is 5.92 Å². The lowest BCUT2D eigenvalue weighted by Crippen LogP contribution is -2.42. The molecule has 1 rings (SSSR count). The number of hydrogen-bond donors (Lipinski definition) is 1. The normalized spacial score (nSPS) is 13.4. The van der Waals surface area contributed by atoms with Gasteiger partial charge in [-0.3, -0.25) is 19.3 Å². The van der Waals surface area contributed by atoms with Crippen LogP contribution in [-0.4, -0.2) is 73.5 Å². The SMILES string of the molecule is CCCCC/C=C\C/C=C\CCCCCCCC(=O)OCC(COC(=O)CCCCCCC/C=C\C/C=C\CCCCC)COC(=O)CCCCCCCN(CCO)C1CCC1. The maximum absolute atomic E-state index is 12.6. The number of ether oxygens (including phenoxy) is 3. The van der Waals surface area contributed by atoms with E-state index in [9.17, 15) is 19.5 Å². The Kier molecular flexibility index (Phi) is 41.5. The van der Waals surface area contributed by atoms with Gasteiger partial charge in [-0.15, -0.1) is 0 Å². The van der Waals surface area contributed by atoms with Crippen molar-refractivity contribution in [3.05, 3.63) is 48.6 Å². The molecule has 62 heavy (non-hydrogen) atoms. The van der Waals surface area contributed by atoms with Crippen LogP contribution in [0.1, 0.15) is 226 Å². The molecule has 8 nitrogen and oxygen atoms in total. The molecule has 1 aliphatic rings. The summed E-state index contributed by atoms with van der Waals surface area (Å²) in [6.07, 6.45) is 52.9. The standard InChI is InChI=1S/C54H95NO7/c1-3-5-7-9-11-13-15-17-19-21-23-25-27-30-34-41-52(57)60-47-50(49-62-54(59)43-36-32-29-33-37-44-55(45-46-56)51-39-38-40-51)48-61-53(58)42-35-31-28-26-24-22-20-18-16-14-12-10-8-6-4-2/h11-14,17-20,50-51,56H,3-10,15-16,21-49H2,1-2H3/b13-11-,14-12-,19-17-,20-18-. The van der Waals surface area contributed by atoms with E-state index in [2.05, 4.69) is 67.4 Å². The van der Waals surface area contributed by atoms with E-state index in [1.807, 2.05) is 0 Å². The fourth-order valence-electron chi connectivity index (χ4n) is 7.63. The van der Waals surface area contributed by atoms with Crippen LogP contribution in [0.15, 0.2) is 48.6 Å². The Labute approximate surface area is 381 Å². The van der Waals surface area contributed by atoms with E-state index in [0.717, 1.165) is 122 Å². The second-order valence-electron chi connectivity index (χ2n) is 17.7. The molecule has 0 aromatic heterocycles. The monoisotopic (exact) mass is 870 g/mol. The van der Waals surface area contributed by atoms with Crippen LogP contribution in [0.5, 0.6) is 0 Å². The zero-order chi connectivity index (χ0) is 44.8. The van der Waals surface area contributed by atoms with Gasteiger partial charge in [0.15, 0.2) is 0 Å². The van der Waals surface area contributed by atoms with Gasteiger partial charge in [0.1, 0.15) is 19.8 Å². The molecule has 0 unspecified atom stereocenters. The highest BCUT2D eigenvalue weighted by Gasteiger charge is 2.24. The number of nitrogens with zero attached hydrogens (tertiary/aromatic N) is 1. The van der Waals surface area contributed by atoms with Gasteiger partial charge < -0.3 is 19.3 Å². The average Bonchev–Trinajstić information content (AvgIpc) is 3.25. The number of aliphatic hydroxyl groups excluding tert-OH is 1. The van der Waals surface area contributed by atoms with E-state index in [-0.39, 0.29) is 44.3 Å². The third kappa shape index (κ3) is 37.8. The van der Waals surface area contributed by atoms with Crippen molar-refractivity contribution < 1.29 is 33.7 Å². The molecule has 0 aromatic carbocycles. The van der Waals surface area contributed by atoms with Crippen molar-refractivity contribution in [2.24, 2.45) is 5.92 Å². The van der Waals surface area contributed by atoms with E-state index >= 15 is 0 Å². The van der Waals surface area contributed by atoms with Gasteiger partial charge in [-0.2, -0.15) is 0 Å². The highest BCUT2D eigenvalue weighted by atomic mass is 16.6. The summed E-state index contributed by atoms with van der Waals surface area (Å²) >= 11 is 0. The number of allylic oxidation sites excluding steroid dienone is 8. The first-order chi connectivity index (χ1) is 30.5. The molecule has 0 aliphatic heterocycles. The second-order valence-corrected chi connectivity index (χ2v) is 17.7. The first-order valence-electron chi connectivity index (χ1n) is 25.9. The summed E-state index contributed by atoms with van der Waals surface area (Å²) in [6.45, 7) is 6.70. The van der Waals surface area contributed by atoms with Crippen molar-refractivity contribution in [2.45, 2.75) is 232 Å². The Bertz CT molecular complexity index is 1100. The minimum Gasteiger partial charge on any atom is -0.465 e. The Morgan fingerprint density at radius 3 is 1.19 bits per heavy atom. The molecule has 0 radical (unpaired) electrons. The van der Waals surface area contributed by atoms with Gasteiger partial charge in [0.2, 0.25) is 0 Å². The van der Waals surface area contributed by atoms with Crippen LogP contribution < -0.4 is 0 Å². The predicted octanol–water partition coefficient (Wildman–Crippen LogP) is 14.0. The topological polar surface area (TPSA) is 102 Å². The molecule has 1 saturated carbocycles. The minimum absolute atomic E-state index is 0.0641. The number of unbranched alkanes of at least 4 members (excludes halogenated alkanes) is 20. The van der Waals surface area contributed by atoms with E-state index in [0.29, 0.717) is 25.3 Å². The lowest BCUT2D eigenvalue weighted by molar-refractivity contribution is -0.153. The Morgan fingerprint density at radius 2 is 0.839 bits per heavy atom. The number of aliphatic hydroxyl groups is 1. The van der Waals surface area contributed by atoms with Crippen LogP contribution in [0.4, 0.5) is 0 Å². The summed E-state index contributed by atoms with van der Waals surface area (Å²) in [5.41, 5.74) is 0. The van der Waals surface area contributed by atoms with Crippen LogP contribution in [-0.2, 0) is 28.6 Å². The maximum atomic E-state index is 12.6. The van der Waals surface area contributed by atoms with Crippen molar-refractivity contribution in [3.63, 3.8) is 0 Å². The summed E-state index contributed by atoms with van der Waals surface area (Å²) in [6, 6.07) is 0.652. The Balaban J connectivity index is 2.32. The number of esters is 3. The van der Waals surface area contributed by atoms with Gasteiger partial charge in [-0.05, 0) is 109 Å². The molecule has 0 amide bonds. The van der Waals surface area contributed by atoms with Crippen molar-refractivity contribution >= 4 is 17.9 Å². The van der Waals surface area contributed by atoms with Crippen molar-refractivity contribution in [2.75, 3.05) is 39.5 Å². The molecule has 358 valence electrons. The Hall–Kier alpha value is -2.71. The zero-order valence-corrected chi connectivity index (χ0v) is 40.2. The highest BCUT2D eigenvalue weighted by molar-refractivity contribution is 5.70. The number of rotatable bonds is 45. The molecular weight excluding hydrogens is 775 g/mol. The zero-order valence-electron chi connectivity index (χ0n) is 40.2. The smallest absolute Gasteiger partial charge is 0.305 e. The first kappa shape index (κ1) is 57.3. The molecule has 8 heteroatoms.